The van der Waals surface area contributed by atoms with E-state index in [0.29, 0.717) is 5.69 Å². The molecular formula is C15H17FN2O. The highest BCUT2D eigenvalue weighted by Gasteiger charge is 2.68. The Labute approximate surface area is 112 Å². The second-order valence-electron chi connectivity index (χ2n) is 6.17. The number of hydrogen-bond acceptors (Lipinski definition) is 2. The van der Waals surface area contributed by atoms with Gasteiger partial charge in [-0.3, -0.25) is 4.79 Å². The number of anilines is 1. The van der Waals surface area contributed by atoms with E-state index in [9.17, 15) is 9.18 Å². The minimum atomic E-state index is -0.576. The minimum absolute atomic E-state index is 0.0465. The first kappa shape index (κ1) is 13.5. The molecule has 3 nitrogen and oxygen atoms in total. The zero-order chi connectivity index (χ0) is 14.4. The number of amides is 1. The lowest BCUT2D eigenvalue weighted by Crippen LogP contribution is -2.17. The van der Waals surface area contributed by atoms with Gasteiger partial charge in [0.1, 0.15) is 11.9 Å². The molecule has 0 bridgehead atoms. The molecule has 1 aromatic carbocycles. The van der Waals surface area contributed by atoms with Crippen LogP contribution in [0.1, 0.15) is 33.3 Å². The van der Waals surface area contributed by atoms with Crippen molar-refractivity contribution in [2.24, 2.45) is 16.7 Å². The maximum atomic E-state index is 13.2. The van der Waals surface area contributed by atoms with Gasteiger partial charge >= 0.3 is 0 Å². The Bertz CT molecular complexity index is 570. The first-order valence-electron chi connectivity index (χ1n) is 6.22. The molecule has 19 heavy (non-hydrogen) atoms. The van der Waals surface area contributed by atoms with Crippen molar-refractivity contribution in [3.8, 4) is 6.07 Å². The Balaban J connectivity index is 2.16. The third kappa shape index (κ3) is 1.99. The molecule has 1 fully saturated rings. The van der Waals surface area contributed by atoms with E-state index in [0.717, 1.165) is 0 Å². The van der Waals surface area contributed by atoms with Gasteiger partial charge in [0, 0.05) is 11.6 Å². The number of nitrogens with zero attached hydrogens (tertiary/aromatic N) is 1. The fourth-order valence-electron chi connectivity index (χ4n) is 2.75. The SMILES string of the molecule is CC1(C)C(C(=O)Nc2ccc(F)c(C#N)c2)C1(C)C. The summed E-state index contributed by atoms with van der Waals surface area (Å²) < 4.78 is 13.2. The highest BCUT2D eigenvalue weighted by molar-refractivity contribution is 5.96. The Hall–Kier alpha value is -1.89. The fraction of sp³-hybridized carbons (Fsp3) is 0.467. The van der Waals surface area contributed by atoms with Crippen molar-refractivity contribution in [3.05, 3.63) is 29.6 Å². The minimum Gasteiger partial charge on any atom is -0.326 e. The summed E-state index contributed by atoms with van der Waals surface area (Å²) in [6.07, 6.45) is 0. The monoisotopic (exact) mass is 260 g/mol. The lowest BCUT2D eigenvalue weighted by Gasteiger charge is -2.07. The average Bonchev–Trinajstić information content (AvgIpc) is 2.72. The quantitative estimate of drug-likeness (QED) is 0.886. The van der Waals surface area contributed by atoms with Crippen LogP contribution in [-0.2, 0) is 4.79 Å². The number of nitriles is 1. The summed E-state index contributed by atoms with van der Waals surface area (Å²) in [4.78, 5) is 12.2. The first-order chi connectivity index (χ1) is 8.71. The third-order valence-electron chi connectivity index (χ3n) is 4.64. The van der Waals surface area contributed by atoms with Gasteiger partial charge in [-0.05, 0) is 29.0 Å². The molecule has 0 unspecified atom stereocenters. The van der Waals surface area contributed by atoms with Crippen molar-refractivity contribution in [1.82, 2.24) is 0 Å². The van der Waals surface area contributed by atoms with Gasteiger partial charge in [0.2, 0.25) is 5.91 Å². The van der Waals surface area contributed by atoms with Crippen molar-refractivity contribution < 1.29 is 9.18 Å². The smallest absolute Gasteiger partial charge is 0.228 e. The van der Waals surface area contributed by atoms with Crippen molar-refractivity contribution >= 4 is 11.6 Å². The molecule has 100 valence electrons. The molecule has 1 N–H and O–H groups in total. The van der Waals surface area contributed by atoms with Gasteiger partial charge in [-0.2, -0.15) is 5.26 Å². The van der Waals surface area contributed by atoms with Crippen LogP contribution < -0.4 is 5.32 Å². The normalized spacial score (nSPS) is 19.6. The number of rotatable bonds is 2. The molecule has 1 saturated carbocycles. The van der Waals surface area contributed by atoms with Crippen LogP contribution in [0.15, 0.2) is 18.2 Å². The van der Waals surface area contributed by atoms with E-state index in [4.69, 9.17) is 5.26 Å². The number of carbonyl (C=O) groups is 1. The second kappa shape index (κ2) is 4.06. The number of carbonyl (C=O) groups excluding carboxylic acids is 1. The van der Waals surface area contributed by atoms with Crippen LogP contribution in [0.4, 0.5) is 10.1 Å². The Kier molecular flexibility index (Phi) is 2.89. The van der Waals surface area contributed by atoms with Crippen LogP contribution in [0, 0.1) is 33.9 Å². The predicted octanol–water partition coefficient (Wildman–Crippen LogP) is 3.32. The number of nitrogens with one attached hydrogen (secondary N) is 1. The van der Waals surface area contributed by atoms with Crippen LogP contribution in [0.5, 0.6) is 0 Å². The third-order valence-corrected chi connectivity index (χ3v) is 4.64. The predicted molar refractivity (Wildman–Crippen MR) is 70.8 cm³/mol. The van der Waals surface area contributed by atoms with Crippen molar-refractivity contribution in [2.75, 3.05) is 5.32 Å². The average molecular weight is 260 g/mol. The Morgan fingerprint density at radius 1 is 1.32 bits per heavy atom. The summed E-state index contributed by atoms with van der Waals surface area (Å²) in [7, 11) is 0. The largest absolute Gasteiger partial charge is 0.326 e. The van der Waals surface area contributed by atoms with Gasteiger partial charge < -0.3 is 5.32 Å². The van der Waals surface area contributed by atoms with Gasteiger partial charge in [-0.15, -0.1) is 0 Å². The zero-order valence-electron chi connectivity index (χ0n) is 11.5. The van der Waals surface area contributed by atoms with Crippen LogP contribution >= 0.6 is 0 Å². The molecule has 1 amide bonds. The standard InChI is InChI=1S/C15H17FN2O/c1-14(2)12(15(14,3)4)13(19)18-10-5-6-11(16)9(7-10)8-17/h5-7,12H,1-4H3,(H,18,19). The van der Waals surface area contributed by atoms with E-state index in [1.807, 2.05) is 0 Å². The van der Waals surface area contributed by atoms with Crippen LogP contribution in [0.2, 0.25) is 0 Å². The molecule has 0 heterocycles. The molecule has 1 aromatic rings. The number of hydrogen-bond donors (Lipinski definition) is 1. The van der Waals surface area contributed by atoms with E-state index < -0.39 is 5.82 Å². The highest BCUT2D eigenvalue weighted by atomic mass is 19.1. The summed E-state index contributed by atoms with van der Waals surface area (Å²) in [6.45, 7) is 8.23. The van der Waals surface area contributed by atoms with Crippen LogP contribution in [0.3, 0.4) is 0 Å². The molecule has 0 aromatic heterocycles. The van der Waals surface area contributed by atoms with E-state index in [2.05, 4.69) is 33.0 Å². The van der Waals surface area contributed by atoms with Gasteiger partial charge in [0.15, 0.2) is 0 Å². The van der Waals surface area contributed by atoms with Crippen molar-refractivity contribution in [2.45, 2.75) is 27.7 Å². The molecule has 1 aliphatic rings. The number of halogens is 1. The van der Waals surface area contributed by atoms with Gasteiger partial charge in [0.25, 0.3) is 0 Å². The van der Waals surface area contributed by atoms with Crippen LogP contribution in [0.25, 0.3) is 0 Å². The summed E-state index contributed by atoms with van der Waals surface area (Å²) in [5.41, 5.74) is 0.304. The fourth-order valence-corrected chi connectivity index (χ4v) is 2.75. The summed E-state index contributed by atoms with van der Waals surface area (Å²) in [6, 6.07) is 5.78. The van der Waals surface area contributed by atoms with E-state index in [-0.39, 0.29) is 28.2 Å². The highest BCUT2D eigenvalue weighted by Crippen LogP contribution is 2.68. The molecule has 0 spiro atoms. The summed E-state index contributed by atoms with van der Waals surface area (Å²) in [5, 5.41) is 11.5. The first-order valence-corrected chi connectivity index (χ1v) is 6.22. The van der Waals surface area contributed by atoms with E-state index in [1.54, 1.807) is 6.07 Å². The maximum absolute atomic E-state index is 13.2. The van der Waals surface area contributed by atoms with Gasteiger partial charge in [0.05, 0.1) is 5.56 Å². The van der Waals surface area contributed by atoms with E-state index in [1.165, 1.54) is 18.2 Å². The molecule has 1 aliphatic carbocycles. The molecule has 0 saturated heterocycles. The second-order valence-corrected chi connectivity index (χ2v) is 6.17. The van der Waals surface area contributed by atoms with Crippen LogP contribution in [-0.4, -0.2) is 5.91 Å². The topological polar surface area (TPSA) is 52.9 Å². The molecule has 0 aliphatic heterocycles. The molecule has 0 radical (unpaired) electrons. The summed E-state index contributed by atoms with van der Waals surface area (Å²) in [5.74, 6) is -0.728. The zero-order valence-corrected chi connectivity index (χ0v) is 11.5. The lowest BCUT2D eigenvalue weighted by atomic mass is 10.0. The maximum Gasteiger partial charge on any atom is 0.228 e. The molecule has 4 heteroatoms. The Morgan fingerprint density at radius 2 is 1.89 bits per heavy atom. The van der Waals surface area contributed by atoms with Gasteiger partial charge in [-0.25, -0.2) is 4.39 Å². The lowest BCUT2D eigenvalue weighted by molar-refractivity contribution is -0.118. The summed E-state index contributed by atoms with van der Waals surface area (Å²) >= 11 is 0. The molecule has 2 rings (SSSR count). The molecule has 0 atom stereocenters. The Morgan fingerprint density at radius 3 is 2.37 bits per heavy atom. The van der Waals surface area contributed by atoms with Crippen molar-refractivity contribution in [3.63, 3.8) is 0 Å². The van der Waals surface area contributed by atoms with E-state index >= 15 is 0 Å². The van der Waals surface area contributed by atoms with Gasteiger partial charge in [-0.1, -0.05) is 27.7 Å². The number of benzene rings is 1. The van der Waals surface area contributed by atoms with Crippen molar-refractivity contribution in [1.29, 1.82) is 5.26 Å². The molecular weight excluding hydrogens is 243 g/mol.